The van der Waals surface area contributed by atoms with Crippen LogP contribution in [-0.2, 0) is 10.8 Å². The summed E-state index contributed by atoms with van der Waals surface area (Å²) >= 11 is 0. The Balaban J connectivity index is 1.83. The van der Waals surface area contributed by atoms with Crippen molar-refractivity contribution in [2.75, 3.05) is 0 Å². The van der Waals surface area contributed by atoms with Crippen LogP contribution in [0.4, 0.5) is 0 Å². The Kier molecular flexibility index (Phi) is 3.93. The van der Waals surface area contributed by atoms with Gasteiger partial charge in [-0.05, 0) is 48.1 Å². The maximum atomic E-state index is 4.78. The molecule has 0 unspecified atom stereocenters. The van der Waals surface area contributed by atoms with E-state index in [1.54, 1.807) is 0 Å². The molecule has 5 heteroatoms. The summed E-state index contributed by atoms with van der Waals surface area (Å²) in [5.41, 5.74) is 8.34. The summed E-state index contributed by atoms with van der Waals surface area (Å²) in [5.74, 6) is 1.79. The molecule has 0 fully saturated rings. The van der Waals surface area contributed by atoms with Gasteiger partial charge in [-0.2, -0.15) is 0 Å². The molecule has 3 aromatic heterocycles. The first kappa shape index (κ1) is 18.7. The summed E-state index contributed by atoms with van der Waals surface area (Å²) in [6.45, 7) is 17.5. The Hall–Kier alpha value is -2.69. The molecular weight excluding hydrogens is 346 g/mol. The molecule has 0 aliphatic heterocycles. The van der Waals surface area contributed by atoms with Gasteiger partial charge in [0, 0.05) is 11.0 Å². The van der Waals surface area contributed by atoms with E-state index in [1.165, 1.54) is 16.7 Å². The van der Waals surface area contributed by atoms with Gasteiger partial charge in [-0.25, -0.2) is 15.0 Å². The van der Waals surface area contributed by atoms with Crippen molar-refractivity contribution in [1.82, 2.24) is 24.9 Å². The number of hydrogen-bond acceptors (Lipinski definition) is 3. The van der Waals surface area contributed by atoms with Gasteiger partial charge in [0.2, 0.25) is 0 Å². The fraction of sp³-hybridized carbons (Fsp3) is 0.435. The molecule has 0 saturated heterocycles. The fourth-order valence-electron chi connectivity index (χ4n) is 3.73. The topological polar surface area (TPSA) is 70.2 Å². The van der Waals surface area contributed by atoms with E-state index in [-0.39, 0.29) is 10.8 Å². The fourth-order valence-corrected chi connectivity index (χ4v) is 3.73. The second-order valence-corrected chi connectivity index (χ2v) is 9.88. The minimum absolute atomic E-state index is 0.0452. The zero-order valence-corrected chi connectivity index (χ0v) is 18.1. The maximum Gasteiger partial charge on any atom is 0.180 e. The number of imidazole rings is 2. The third-order valence-corrected chi connectivity index (χ3v) is 5.27. The average molecular weight is 376 g/mol. The summed E-state index contributed by atoms with van der Waals surface area (Å²) < 4.78 is 0. The average Bonchev–Trinajstić information content (AvgIpc) is 3.15. The molecule has 3 heterocycles. The minimum atomic E-state index is -0.0452. The number of rotatable bonds is 1. The van der Waals surface area contributed by atoms with Crippen LogP contribution in [0.3, 0.4) is 0 Å². The molecule has 0 saturated carbocycles. The van der Waals surface area contributed by atoms with E-state index in [2.05, 4.69) is 93.5 Å². The van der Waals surface area contributed by atoms with Crippen LogP contribution in [0.2, 0.25) is 0 Å². The lowest BCUT2D eigenvalue weighted by Crippen LogP contribution is -2.13. The largest absolute Gasteiger partial charge is 0.340 e. The molecule has 0 aliphatic rings. The molecule has 4 rings (SSSR count). The molecule has 0 radical (unpaired) electrons. The number of hydrogen-bond donors (Lipinski definition) is 2. The number of aryl methyl sites for hydroxylation is 2. The lowest BCUT2D eigenvalue weighted by molar-refractivity contribution is 0.554. The van der Waals surface area contributed by atoms with Crippen LogP contribution < -0.4 is 0 Å². The molecule has 146 valence electrons. The molecule has 0 bridgehead atoms. The van der Waals surface area contributed by atoms with Crippen LogP contribution >= 0.6 is 0 Å². The normalized spacial score (nSPS) is 13.0. The molecule has 0 atom stereocenters. The van der Waals surface area contributed by atoms with Crippen LogP contribution in [0.5, 0.6) is 0 Å². The number of aromatic nitrogens is 5. The number of benzene rings is 1. The molecule has 2 N–H and O–H groups in total. The summed E-state index contributed by atoms with van der Waals surface area (Å²) in [5, 5.41) is 0. The molecule has 0 spiro atoms. The first-order chi connectivity index (χ1) is 12.9. The SMILES string of the molecule is Cc1cc(C(C)(C)C)c(C)cc1-c1nc2nc3nc(C(C)(C)C)[nH]c3cc2[nH]1. The second-order valence-electron chi connectivity index (χ2n) is 9.88. The highest BCUT2D eigenvalue weighted by Crippen LogP contribution is 2.32. The summed E-state index contributed by atoms with van der Waals surface area (Å²) in [7, 11) is 0. The second kappa shape index (κ2) is 5.90. The quantitative estimate of drug-likeness (QED) is 0.447. The molecule has 1 aromatic carbocycles. The van der Waals surface area contributed by atoms with E-state index in [1.807, 2.05) is 0 Å². The van der Waals surface area contributed by atoms with Gasteiger partial charge >= 0.3 is 0 Å². The van der Waals surface area contributed by atoms with Gasteiger partial charge in [0.05, 0.1) is 11.0 Å². The van der Waals surface area contributed by atoms with E-state index in [9.17, 15) is 0 Å². The molecule has 4 aromatic rings. The highest BCUT2D eigenvalue weighted by Gasteiger charge is 2.21. The highest BCUT2D eigenvalue weighted by atomic mass is 15.1. The van der Waals surface area contributed by atoms with E-state index in [4.69, 9.17) is 4.98 Å². The Morgan fingerprint density at radius 2 is 1.32 bits per heavy atom. The van der Waals surface area contributed by atoms with Gasteiger partial charge in [0.15, 0.2) is 11.3 Å². The lowest BCUT2D eigenvalue weighted by Gasteiger charge is -2.23. The molecule has 5 nitrogen and oxygen atoms in total. The van der Waals surface area contributed by atoms with Crippen LogP contribution in [0, 0.1) is 13.8 Å². The molecule has 0 aliphatic carbocycles. The van der Waals surface area contributed by atoms with Crippen molar-refractivity contribution < 1.29 is 0 Å². The van der Waals surface area contributed by atoms with Crippen molar-refractivity contribution in [3.63, 3.8) is 0 Å². The smallest absolute Gasteiger partial charge is 0.180 e. The first-order valence-corrected chi connectivity index (χ1v) is 9.82. The molecular formula is C23H29N5. The third kappa shape index (κ3) is 3.09. The van der Waals surface area contributed by atoms with E-state index in [0.29, 0.717) is 11.3 Å². The van der Waals surface area contributed by atoms with Crippen LogP contribution in [0.1, 0.15) is 64.1 Å². The van der Waals surface area contributed by atoms with Crippen molar-refractivity contribution in [3.05, 3.63) is 40.7 Å². The zero-order valence-electron chi connectivity index (χ0n) is 18.1. The van der Waals surface area contributed by atoms with Gasteiger partial charge in [0.25, 0.3) is 0 Å². The zero-order chi connectivity index (χ0) is 20.4. The van der Waals surface area contributed by atoms with E-state index in [0.717, 1.165) is 28.2 Å². The monoisotopic (exact) mass is 375 g/mol. The summed E-state index contributed by atoms with van der Waals surface area (Å²) in [4.78, 5) is 21.0. The molecule has 0 amide bonds. The van der Waals surface area contributed by atoms with Crippen molar-refractivity contribution in [2.45, 2.75) is 66.2 Å². The number of pyridine rings is 1. The Bertz CT molecular complexity index is 1140. The number of fused-ring (bicyclic) bond motifs is 2. The van der Waals surface area contributed by atoms with Crippen LogP contribution in [-0.4, -0.2) is 24.9 Å². The van der Waals surface area contributed by atoms with Crippen molar-refractivity contribution in [1.29, 1.82) is 0 Å². The Morgan fingerprint density at radius 1 is 0.679 bits per heavy atom. The van der Waals surface area contributed by atoms with E-state index >= 15 is 0 Å². The maximum absolute atomic E-state index is 4.78. The van der Waals surface area contributed by atoms with Crippen molar-refractivity contribution in [3.8, 4) is 11.4 Å². The highest BCUT2D eigenvalue weighted by molar-refractivity contribution is 5.87. The van der Waals surface area contributed by atoms with Crippen molar-refractivity contribution in [2.24, 2.45) is 0 Å². The van der Waals surface area contributed by atoms with Gasteiger partial charge in [-0.3, -0.25) is 0 Å². The van der Waals surface area contributed by atoms with Crippen LogP contribution in [0.25, 0.3) is 33.7 Å². The first-order valence-electron chi connectivity index (χ1n) is 9.82. The van der Waals surface area contributed by atoms with Gasteiger partial charge in [-0.15, -0.1) is 0 Å². The standard InChI is InChI=1S/C23H29N5/c1-12-10-15(22(3,4)5)13(2)9-14(12)18-24-16-11-17-20(27-19(16)26-18)28-21(25-17)23(6,7)8/h9-11H,1-8H3,(H2,24,25,26,27,28). The predicted octanol–water partition coefficient (Wildman–Crippen LogP) is 5.71. The third-order valence-electron chi connectivity index (χ3n) is 5.27. The van der Waals surface area contributed by atoms with Gasteiger partial charge < -0.3 is 9.97 Å². The Morgan fingerprint density at radius 3 is 1.96 bits per heavy atom. The van der Waals surface area contributed by atoms with Gasteiger partial charge in [-0.1, -0.05) is 47.6 Å². The van der Waals surface area contributed by atoms with Crippen molar-refractivity contribution >= 4 is 22.3 Å². The number of aromatic amines is 2. The van der Waals surface area contributed by atoms with Gasteiger partial charge in [0.1, 0.15) is 11.6 Å². The summed E-state index contributed by atoms with van der Waals surface area (Å²) in [6, 6.07) is 6.57. The minimum Gasteiger partial charge on any atom is -0.340 e. The predicted molar refractivity (Wildman–Crippen MR) is 116 cm³/mol. The Labute approximate surface area is 166 Å². The van der Waals surface area contributed by atoms with Crippen LogP contribution in [0.15, 0.2) is 18.2 Å². The number of nitrogens with one attached hydrogen (secondary N) is 2. The number of H-pyrrole nitrogens is 2. The number of nitrogens with zero attached hydrogens (tertiary/aromatic N) is 3. The molecule has 28 heavy (non-hydrogen) atoms. The lowest BCUT2D eigenvalue weighted by atomic mass is 9.82. The summed E-state index contributed by atoms with van der Waals surface area (Å²) in [6.07, 6.45) is 0. The van der Waals surface area contributed by atoms with E-state index < -0.39 is 0 Å².